The van der Waals surface area contributed by atoms with Gasteiger partial charge in [0, 0.05) is 10.9 Å². The van der Waals surface area contributed by atoms with E-state index in [0.717, 1.165) is 16.5 Å². The molecule has 1 aromatic heterocycles. The number of nitrogens with one attached hydrogen (secondary N) is 1. The first-order valence-corrected chi connectivity index (χ1v) is 3.90. The van der Waals surface area contributed by atoms with Crippen molar-refractivity contribution in [2.75, 3.05) is 7.11 Å². The second kappa shape index (κ2) is 6.27. The summed E-state index contributed by atoms with van der Waals surface area (Å²) in [4.78, 5) is 4.61. The number of oxime groups is 1. The van der Waals surface area contributed by atoms with Gasteiger partial charge in [-0.25, -0.2) is 0 Å². The average molecular weight is 248 g/mol. The summed E-state index contributed by atoms with van der Waals surface area (Å²) in [5.74, 6) is 0. The SMILES string of the molecule is CON=Cc1cccc2[nH]ncc12.Cl.Cl. The maximum Gasteiger partial charge on any atom is 0.106 e. The quantitative estimate of drug-likeness (QED) is 0.655. The molecular formula is C9H11Cl2N3O. The number of nitrogens with zero attached hydrogens (tertiary/aromatic N) is 2. The summed E-state index contributed by atoms with van der Waals surface area (Å²) < 4.78 is 0. The molecule has 1 heterocycles. The molecule has 0 radical (unpaired) electrons. The van der Waals surface area contributed by atoms with Gasteiger partial charge in [-0.3, -0.25) is 5.10 Å². The van der Waals surface area contributed by atoms with Crippen molar-refractivity contribution in [2.24, 2.45) is 5.16 Å². The standard InChI is InChI=1S/C9H9N3O.2ClH/c1-13-11-5-7-3-2-4-9-8(7)6-10-12-9;;/h2-6H,1H3,(H,10,12);2*1H. The predicted octanol–water partition coefficient (Wildman–Crippen LogP) is 2.39. The molecule has 0 atom stereocenters. The highest BCUT2D eigenvalue weighted by atomic mass is 35.5. The van der Waals surface area contributed by atoms with Crippen LogP contribution < -0.4 is 0 Å². The molecule has 0 saturated carbocycles. The van der Waals surface area contributed by atoms with Crippen LogP contribution in [0.5, 0.6) is 0 Å². The molecule has 0 aliphatic carbocycles. The van der Waals surface area contributed by atoms with E-state index in [1.54, 1.807) is 12.4 Å². The smallest absolute Gasteiger partial charge is 0.106 e. The summed E-state index contributed by atoms with van der Waals surface area (Å²) in [6.45, 7) is 0. The molecule has 0 aliphatic rings. The van der Waals surface area contributed by atoms with Crippen molar-refractivity contribution in [2.45, 2.75) is 0 Å². The Morgan fingerprint density at radius 3 is 2.93 bits per heavy atom. The fourth-order valence-corrected chi connectivity index (χ4v) is 1.21. The molecule has 0 unspecified atom stereocenters. The number of aromatic nitrogens is 2. The zero-order valence-electron chi connectivity index (χ0n) is 8.01. The maximum atomic E-state index is 4.61. The van der Waals surface area contributed by atoms with Gasteiger partial charge in [0.25, 0.3) is 0 Å². The lowest BCUT2D eigenvalue weighted by molar-refractivity contribution is 0.215. The minimum absolute atomic E-state index is 0. The molecule has 1 N–H and O–H groups in total. The molecule has 82 valence electrons. The second-order valence-electron chi connectivity index (χ2n) is 2.60. The molecule has 2 rings (SSSR count). The van der Waals surface area contributed by atoms with Crippen LogP contribution in [-0.4, -0.2) is 23.5 Å². The van der Waals surface area contributed by atoms with Gasteiger partial charge in [0.05, 0.1) is 17.9 Å². The topological polar surface area (TPSA) is 50.3 Å². The zero-order valence-corrected chi connectivity index (χ0v) is 9.64. The van der Waals surface area contributed by atoms with E-state index in [9.17, 15) is 0 Å². The van der Waals surface area contributed by atoms with E-state index >= 15 is 0 Å². The highest BCUT2D eigenvalue weighted by molar-refractivity contribution is 5.97. The number of halogens is 2. The molecule has 0 spiro atoms. The van der Waals surface area contributed by atoms with Crippen LogP contribution in [0, 0.1) is 0 Å². The molecule has 0 bridgehead atoms. The summed E-state index contributed by atoms with van der Waals surface area (Å²) in [5.41, 5.74) is 1.99. The summed E-state index contributed by atoms with van der Waals surface area (Å²) in [6, 6.07) is 5.87. The molecule has 0 saturated heterocycles. The lowest BCUT2D eigenvalue weighted by atomic mass is 10.1. The van der Waals surface area contributed by atoms with E-state index in [-0.39, 0.29) is 24.8 Å². The van der Waals surface area contributed by atoms with Gasteiger partial charge in [-0.15, -0.1) is 24.8 Å². The number of rotatable bonds is 2. The molecule has 6 heteroatoms. The Bertz CT molecular complexity index is 442. The third-order valence-electron chi connectivity index (χ3n) is 1.82. The molecule has 0 amide bonds. The molecule has 2 aromatic rings. The summed E-state index contributed by atoms with van der Waals surface area (Å²) in [6.07, 6.45) is 3.43. The van der Waals surface area contributed by atoms with Crippen molar-refractivity contribution in [1.29, 1.82) is 0 Å². The highest BCUT2D eigenvalue weighted by Gasteiger charge is 1.98. The van der Waals surface area contributed by atoms with Crippen LogP contribution in [0.25, 0.3) is 10.9 Å². The van der Waals surface area contributed by atoms with Gasteiger partial charge in [0.2, 0.25) is 0 Å². The van der Waals surface area contributed by atoms with Gasteiger partial charge in [0.15, 0.2) is 0 Å². The molecular weight excluding hydrogens is 237 g/mol. The van der Waals surface area contributed by atoms with Crippen molar-refractivity contribution in [3.8, 4) is 0 Å². The normalized spacial score (nSPS) is 9.67. The first kappa shape index (κ1) is 13.7. The predicted molar refractivity (Wildman–Crippen MR) is 65.2 cm³/mol. The Labute approximate surface area is 99.5 Å². The van der Waals surface area contributed by atoms with Crippen molar-refractivity contribution in [3.05, 3.63) is 30.0 Å². The number of H-pyrrole nitrogens is 1. The van der Waals surface area contributed by atoms with Crippen LogP contribution in [-0.2, 0) is 4.84 Å². The van der Waals surface area contributed by atoms with Crippen LogP contribution in [0.3, 0.4) is 0 Å². The molecule has 15 heavy (non-hydrogen) atoms. The van der Waals surface area contributed by atoms with E-state index in [2.05, 4.69) is 20.2 Å². The molecule has 1 aromatic carbocycles. The number of hydrogen-bond donors (Lipinski definition) is 1. The number of fused-ring (bicyclic) bond motifs is 1. The Kier molecular flexibility index (Phi) is 5.74. The number of aromatic amines is 1. The van der Waals surface area contributed by atoms with Crippen molar-refractivity contribution in [1.82, 2.24) is 10.2 Å². The summed E-state index contributed by atoms with van der Waals surface area (Å²) in [5, 5.41) is 11.6. The van der Waals surface area contributed by atoms with E-state index in [4.69, 9.17) is 0 Å². The Morgan fingerprint density at radius 1 is 1.40 bits per heavy atom. The Balaban J connectivity index is 0.000000980. The number of benzene rings is 1. The molecule has 4 nitrogen and oxygen atoms in total. The first-order valence-electron chi connectivity index (χ1n) is 3.90. The van der Waals surface area contributed by atoms with Crippen LogP contribution in [0.2, 0.25) is 0 Å². The maximum absolute atomic E-state index is 4.61. The number of hydrogen-bond acceptors (Lipinski definition) is 3. The molecule has 0 aliphatic heterocycles. The lowest BCUT2D eigenvalue weighted by Crippen LogP contribution is -1.82. The largest absolute Gasteiger partial charge is 0.399 e. The van der Waals surface area contributed by atoms with Gasteiger partial charge in [-0.2, -0.15) is 5.10 Å². The minimum atomic E-state index is 0. The van der Waals surface area contributed by atoms with Gasteiger partial charge in [-0.1, -0.05) is 17.3 Å². The van der Waals surface area contributed by atoms with E-state index in [0.29, 0.717) is 0 Å². The third kappa shape index (κ3) is 2.84. The second-order valence-corrected chi connectivity index (χ2v) is 2.60. The van der Waals surface area contributed by atoms with Crippen molar-refractivity contribution >= 4 is 41.9 Å². The fourth-order valence-electron chi connectivity index (χ4n) is 1.21. The van der Waals surface area contributed by atoms with Crippen molar-refractivity contribution < 1.29 is 4.84 Å². The van der Waals surface area contributed by atoms with Crippen molar-refractivity contribution in [3.63, 3.8) is 0 Å². The summed E-state index contributed by atoms with van der Waals surface area (Å²) >= 11 is 0. The van der Waals surface area contributed by atoms with E-state index < -0.39 is 0 Å². The first-order chi connectivity index (χ1) is 6.42. The van der Waals surface area contributed by atoms with Crippen LogP contribution in [0.4, 0.5) is 0 Å². The van der Waals surface area contributed by atoms with Gasteiger partial charge >= 0.3 is 0 Å². The highest BCUT2D eigenvalue weighted by Crippen LogP contribution is 2.13. The monoisotopic (exact) mass is 247 g/mol. The fraction of sp³-hybridized carbons (Fsp3) is 0.111. The van der Waals surface area contributed by atoms with Crippen LogP contribution in [0.15, 0.2) is 29.6 Å². The van der Waals surface area contributed by atoms with Crippen LogP contribution >= 0.6 is 24.8 Å². The average Bonchev–Trinajstić information content (AvgIpc) is 2.62. The summed E-state index contributed by atoms with van der Waals surface area (Å²) in [7, 11) is 1.52. The zero-order chi connectivity index (χ0) is 9.10. The van der Waals surface area contributed by atoms with Gasteiger partial charge in [0.1, 0.15) is 7.11 Å². The minimum Gasteiger partial charge on any atom is -0.399 e. The van der Waals surface area contributed by atoms with Crippen LogP contribution in [0.1, 0.15) is 5.56 Å². The van der Waals surface area contributed by atoms with E-state index in [1.807, 2.05) is 18.2 Å². The van der Waals surface area contributed by atoms with Gasteiger partial charge in [-0.05, 0) is 6.07 Å². The third-order valence-corrected chi connectivity index (χ3v) is 1.82. The molecule has 0 fully saturated rings. The Morgan fingerprint density at radius 2 is 2.20 bits per heavy atom. The lowest BCUT2D eigenvalue weighted by Gasteiger charge is -1.93. The Hall–Kier alpha value is -1.26. The van der Waals surface area contributed by atoms with E-state index in [1.165, 1.54) is 7.11 Å². The van der Waals surface area contributed by atoms with Gasteiger partial charge < -0.3 is 4.84 Å².